The van der Waals surface area contributed by atoms with Gasteiger partial charge in [-0.2, -0.15) is 0 Å². The van der Waals surface area contributed by atoms with Gasteiger partial charge in [-0.25, -0.2) is 13.2 Å². The molecular weight excluding hydrogens is 287 g/mol. The lowest BCUT2D eigenvalue weighted by atomic mass is 10.1. The number of aromatic nitrogens is 1. The molecule has 1 heterocycles. The van der Waals surface area contributed by atoms with Crippen molar-refractivity contribution in [1.29, 1.82) is 0 Å². The first-order chi connectivity index (χ1) is 9.86. The van der Waals surface area contributed by atoms with Gasteiger partial charge in [0.05, 0.1) is 10.9 Å². The van der Waals surface area contributed by atoms with E-state index in [4.69, 9.17) is 5.11 Å². The molecular formula is C14H12F3NO3. The van der Waals surface area contributed by atoms with Crippen molar-refractivity contribution < 1.29 is 23.1 Å². The molecule has 0 aliphatic carbocycles. The van der Waals surface area contributed by atoms with E-state index in [9.17, 15) is 22.8 Å². The Morgan fingerprint density at radius 1 is 1.29 bits per heavy atom. The lowest BCUT2D eigenvalue weighted by Crippen LogP contribution is -2.17. The molecule has 0 unspecified atom stereocenters. The van der Waals surface area contributed by atoms with E-state index >= 15 is 0 Å². The zero-order valence-corrected chi connectivity index (χ0v) is 11.1. The van der Waals surface area contributed by atoms with Crippen LogP contribution in [-0.4, -0.2) is 15.6 Å². The summed E-state index contributed by atoms with van der Waals surface area (Å²) in [6.45, 7) is 1.87. The van der Waals surface area contributed by atoms with Crippen LogP contribution < -0.4 is 5.43 Å². The number of fused-ring (bicyclic) bond motifs is 1. The molecule has 0 radical (unpaired) electrons. The van der Waals surface area contributed by atoms with E-state index < -0.39 is 28.8 Å². The predicted molar refractivity (Wildman–Crippen MR) is 69.7 cm³/mol. The summed E-state index contributed by atoms with van der Waals surface area (Å²) in [4.78, 5) is 22.7. The number of nitrogens with zero attached hydrogens (tertiary/aromatic N) is 1. The fraction of sp³-hybridized carbons (Fsp3) is 0.286. The van der Waals surface area contributed by atoms with Gasteiger partial charge < -0.3 is 9.67 Å². The van der Waals surface area contributed by atoms with Crippen molar-refractivity contribution in [1.82, 2.24) is 4.57 Å². The van der Waals surface area contributed by atoms with E-state index in [2.05, 4.69) is 0 Å². The third kappa shape index (κ3) is 2.63. The fourth-order valence-corrected chi connectivity index (χ4v) is 2.19. The number of pyridine rings is 1. The van der Waals surface area contributed by atoms with E-state index in [-0.39, 0.29) is 35.9 Å². The fourth-order valence-electron chi connectivity index (χ4n) is 2.19. The number of carbonyl (C=O) groups is 1. The topological polar surface area (TPSA) is 59.3 Å². The first-order valence-corrected chi connectivity index (χ1v) is 6.28. The zero-order valence-electron chi connectivity index (χ0n) is 11.1. The third-order valence-corrected chi connectivity index (χ3v) is 3.22. The number of benzene rings is 1. The van der Waals surface area contributed by atoms with Gasteiger partial charge in [-0.15, -0.1) is 0 Å². The van der Waals surface area contributed by atoms with Crippen LogP contribution in [0.1, 0.15) is 18.9 Å². The molecule has 0 saturated heterocycles. The maximum absolute atomic E-state index is 13.9. The maximum Gasteiger partial charge on any atom is 0.303 e. The largest absolute Gasteiger partial charge is 0.481 e. The standard InChI is InChI=1S/C14H12F3NO3/c1-2-18-6-7(3-4-10(19)20)14(21)8-5-9(15)11(16)12(17)13(8)18/h5-6H,2-4H2,1H3,(H,19,20). The van der Waals surface area contributed by atoms with Gasteiger partial charge in [0.25, 0.3) is 0 Å². The maximum atomic E-state index is 13.9. The SMILES string of the molecule is CCn1cc(CCC(=O)O)c(=O)c2cc(F)c(F)c(F)c21. The number of carboxylic acid groups (broad SMARTS) is 1. The average Bonchev–Trinajstić information content (AvgIpc) is 2.44. The molecule has 0 fully saturated rings. The van der Waals surface area contributed by atoms with Gasteiger partial charge in [-0.1, -0.05) is 0 Å². The summed E-state index contributed by atoms with van der Waals surface area (Å²) in [5, 5.41) is 8.36. The van der Waals surface area contributed by atoms with Gasteiger partial charge in [0.1, 0.15) is 0 Å². The van der Waals surface area contributed by atoms with Crippen LogP contribution in [0, 0.1) is 17.5 Å². The smallest absolute Gasteiger partial charge is 0.303 e. The highest BCUT2D eigenvalue weighted by molar-refractivity contribution is 5.80. The summed E-state index contributed by atoms with van der Waals surface area (Å²) < 4.78 is 41.8. The molecule has 112 valence electrons. The number of hydrogen-bond acceptors (Lipinski definition) is 2. The molecule has 0 atom stereocenters. The van der Waals surface area contributed by atoms with Crippen molar-refractivity contribution in [3.8, 4) is 0 Å². The highest BCUT2D eigenvalue weighted by Gasteiger charge is 2.19. The van der Waals surface area contributed by atoms with Crippen LogP contribution in [0.3, 0.4) is 0 Å². The Balaban J connectivity index is 2.77. The molecule has 21 heavy (non-hydrogen) atoms. The molecule has 0 bridgehead atoms. The van der Waals surface area contributed by atoms with Crippen molar-refractivity contribution in [2.75, 3.05) is 0 Å². The van der Waals surface area contributed by atoms with Crippen molar-refractivity contribution >= 4 is 16.9 Å². The molecule has 0 saturated carbocycles. The van der Waals surface area contributed by atoms with Gasteiger partial charge in [-0.3, -0.25) is 9.59 Å². The first-order valence-electron chi connectivity index (χ1n) is 6.28. The van der Waals surface area contributed by atoms with Gasteiger partial charge >= 0.3 is 5.97 Å². The van der Waals surface area contributed by atoms with Crippen molar-refractivity contribution in [2.24, 2.45) is 0 Å². The Bertz CT molecular complexity index is 783. The molecule has 4 nitrogen and oxygen atoms in total. The van der Waals surface area contributed by atoms with Crippen LogP contribution >= 0.6 is 0 Å². The van der Waals surface area contributed by atoms with Crippen LogP contribution in [0.2, 0.25) is 0 Å². The summed E-state index contributed by atoms with van der Waals surface area (Å²) >= 11 is 0. The molecule has 2 rings (SSSR count). The number of rotatable bonds is 4. The van der Waals surface area contributed by atoms with Crippen molar-refractivity contribution in [3.63, 3.8) is 0 Å². The minimum atomic E-state index is -1.64. The molecule has 0 spiro atoms. The van der Waals surface area contributed by atoms with Gasteiger partial charge in [0, 0.05) is 24.7 Å². The minimum Gasteiger partial charge on any atom is -0.481 e. The Labute approximate surface area is 117 Å². The average molecular weight is 299 g/mol. The lowest BCUT2D eigenvalue weighted by Gasteiger charge is -2.12. The van der Waals surface area contributed by atoms with E-state index in [0.717, 1.165) is 0 Å². The number of hydrogen-bond donors (Lipinski definition) is 1. The Morgan fingerprint density at radius 2 is 1.95 bits per heavy atom. The van der Waals surface area contributed by atoms with Crippen LogP contribution in [0.15, 0.2) is 17.1 Å². The Morgan fingerprint density at radius 3 is 2.52 bits per heavy atom. The molecule has 0 aliphatic heterocycles. The minimum absolute atomic E-state index is 0.0648. The number of halogens is 3. The summed E-state index contributed by atoms with van der Waals surface area (Å²) in [6.07, 6.45) is 0.940. The molecule has 7 heteroatoms. The number of aliphatic carboxylic acids is 1. The lowest BCUT2D eigenvalue weighted by molar-refractivity contribution is -0.136. The molecule has 0 aliphatic rings. The van der Waals surface area contributed by atoms with Gasteiger partial charge in [0.15, 0.2) is 22.9 Å². The van der Waals surface area contributed by atoms with E-state index in [1.54, 1.807) is 6.92 Å². The molecule has 2 aromatic rings. The van der Waals surface area contributed by atoms with Crippen molar-refractivity contribution in [3.05, 3.63) is 45.5 Å². The van der Waals surface area contributed by atoms with Crippen LogP contribution in [0.25, 0.3) is 10.9 Å². The number of aryl methyl sites for hydroxylation is 2. The molecule has 1 N–H and O–H groups in total. The highest BCUT2D eigenvalue weighted by atomic mass is 19.2. The quantitative estimate of drug-likeness (QED) is 0.882. The van der Waals surface area contributed by atoms with Crippen LogP contribution in [-0.2, 0) is 17.8 Å². The summed E-state index contributed by atoms with van der Waals surface area (Å²) in [6, 6.07) is 0.645. The van der Waals surface area contributed by atoms with Crippen LogP contribution in [0.5, 0.6) is 0 Å². The second kappa shape index (κ2) is 5.59. The van der Waals surface area contributed by atoms with Crippen molar-refractivity contribution in [2.45, 2.75) is 26.3 Å². The third-order valence-electron chi connectivity index (χ3n) is 3.22. The predicted octanol–water partition coefficient (Wildman–Crippen LogP) is 2.46. The van der Waals surface area contributed by atoms with Gasteiger partial charge in [-0.05, 0) is 19.4 Å². The molecule has 1 aromatic heterocycles. The summed E-state index contributed by atoms with van der Waals surface area (Å²) in [7, 11) is 0. The molecule has 1 aromatic carbocycles. The van der Waals surface area contributed by atoms with E-state index in [0.29, 0.717) is 6.07 Å². The highest BCUT2D eigenvalue weighted by Crippen LogP contribution is 2.22. The Kier molecular flexibility index (Phi) is 4.02. The Hall–Kier alpha value is -2.31. The second-order valence-electron chi connectivity index (χ2n) is 4.55. The normalized spacial score (nSPS) is 11.0. The zero-order chi connectivity index (χ0) is 15.7. The number of carboxylic acids is 1. The van der Waals surface area contributed by atoms with Crippen LogP contribution in [0.4, 0.5) is 13.2 Å². The second-order valence-corrected chi connectivity index (χ2v) is 4.55. The summed E-state index contributed by atoms with van der Waals surface area (Å²) in [5.41, 5.74) is -0.883. The monoisotopic (exact) mass is 299 g/mol. The first kappa shape index (κ1) is 15.1. The summed E-state index contributed by atoms with van der Waals surface area (Å²) in [5.74, 6) is -5.60. The molecule has 0 amide bonds. The van der Waals surface area contributed by atoms with E-state index in [1.165, 1.54) is 10.8 Å². The van der Waals surface area contributed by atoms with Gasteiger partial charge in [0.2, 0.25) is 0 Å². The van der Waals surface area contributed by atoms with E-state index in [1.807, 2.05) is 0 Å².